The summed E-state index contributed by atoms with van der Waals surface area (Å²) in [5, 5.41) is 2.84. The first-order chi connectivity index (χ1) is 10.8. The zero-order valence-electron chi connectivity index (χ0n) is 12.5. The summed E-state index contributed by atoms with van der Waals surface area (Å²) in [6.07, 6.45) is -0.131. The topological polar surface area (TPSA) is 92.8 Å². The van der Waals surface area contributed by atoms with Crippen molar-refractivity contribution in [3.05, 3.63) is 29.3 Å². The molecule has 1 aromatic carbocycles. The normalized spacial score (nSPS) is 19.2. The van der Waals surface area contributed by atoms with Crippen molar-refractivity contribution in [2.45, 2.75) is 24.3 Å². The van der Waals surface area contributed by atoms with E-state index in [1.165, 1.54) is 18.2 Å². The number of esters is 1. The minimum absolute atomic E-state index is 0.0199. The van der Waals surface area contributed by atoms with Crippen LogP contribution in [-0.2, 0) is 24.3 Å². The van der Waals surface area contributed by atoms with E-state index in [9.17, 15) is 18.0 Å². The minimum Gasteiger partial charge on any atom is -0.466 e. The van der Waals surface area contributed by atoms with Crippen LogP contribution in [0.15, 0.2) is 29.2 Å². The number of ether oxygens (including phenoxy) is 1. The van der Waals surface area contributed by atoms with Gasteiger partial charge in [0.1, 0.15) is 0 Å². The number of nitrogens with one attached hydrogen (secondary N) is 1. The lowest BCUT2D eigenvalue weighted by Gasteiger charge is -2.33. The van der Waals surface area contributed by atoms with Crippen LogP contribution in [0.2, 0.25) is 5.02 Å². The van der Waals surface area contributed by atoms with E-state index in [0.29, 0.717) is 0 Å². The van der Waals surface area contributed by atoms with Crippen LogP contribution in [0.25, 0.3) is 0 Å². The predicted molar refractivity (Wildman–Crippen MR) is 83.4 cm³/mol. The molecule has 0 aromatic heterocycles. The molecule has 1 unspecified atom stereocenters. The first-order valence-corrected chi connectivity index (χ1v) is 8.86. The van der Waals surface area contributed by atoms with Crippen LogP contribution in [0.5, 0.6) is 0 Å². The molecule has 0 saturated carbocycles. The minimum atomic E-state index is -3.95. The molecule has 1 aliphatic heterocycles. The fraction of sp³-hybridized carbons (Fsp3) is 0.429. The third-order valence-electron chi connectivity index (χ3n) is 3.35. The highest BCUT2D eigenvalue weighted by Gasteiger charge is 2.37. The number of hydrogen-bond acceptors (Lipinski definition) is 5. The molecule has 9 heteroatoms. The van der Waals surface area contributed by atoms with Gasteiger partial charge in [0.25, 0.3) is 0 Å². The Bertz CT molecular complexity index is 707. The standard InChI is InChI=1S/C14H17ClN2O5S/c1-2-22-14(19)7-11-8-16-13(18)9-17(11)23(20,21)12-5-3-4-10(15)6-12/h3-6,11H,2,7-9H2,1H3,(H,16,18). The summed E-state index contributed by atoms with van der Waals surface area (Å²) in [5.41, 5.74) is 0. The fourth-order valence-corrected chi connectivity index (χ4v) is 4.17. The second-order valence-corrected chi connectivity index (χ2v) is 7.30. The largest absolute Gasteiger partial charge is 0.466 e. The highest BCUT2D eigenvalue weighted by Crippen LogP contribution is 2.23. The summed E-state index contributed by atoms with van der Waals surface area (Å²) < 4.78 is 31.4. The van der Waals surface area contributed by atoms with Crippen LogP contribution < -0.4 is 5.32 Å². The number of sulfonamides is 1. The number of hydrogen-bond donors (Lipinski definition) is 1. The Morgan fingerprint density at radius 2 is 2.22 bits per heavy atom. The van der Waals surface area contributed by atoms with E-state index in [0.717, 1.165) is 4.31 Å². The van der Waals surface area contributed by atoms with Gasteiger partial charge in [-0.05, 0) is 25.1 Å². The van der Waals surface area contributed by atoms with E-state index in [4.69, 9.17) is 16.3 Å². The van der Waals surface area contributed by atoms with Crippen molar-refractivity contribution in [2.75, 3.05) is 19.7 Å². The molecule has 1 aromatic rings. The Morgan fingerprint density at radius 3 is 2.87 bits per heavy atom. The number of nitrogens with zero attached hydrogens (tertiary/aromatic N) is 1. The van der Waals surface area contributed by atoms with E-state index >= 15 is 0 Å². The van der Waals surface area contributed by atoms with Crippen molar-refractivity contribution in [3.63, 3.8) is 0 Å². The number of carbonyl (C=O) groups excluding carboxylic acids is 2. The quantitative estimate of drug-likeness (QED) is 0.783. The summed E-state index contributed by atoms with van der Waals surface area (Å²) in [4.78, 5) is 23.3. The molecule has 2 rings (SSSR count). The van der Waals surface area contributed by atoms with Crippen LogP contribution in [-0.4, -0.2) is 50.3 Å². The van der Waals surface area contributed by atoms with Gasteiger partial charge in [-0.15, -0.1) is 0 Å². The molecule has 126 valence electrons. The van der Waals surface area contributed by atoms with E-state index in [1.807, 2.05) is 0 Å². The van der Waals surface area contributed by atoms with Crippen molar-refractivity contribution in [1.29, 1.82) is 0 Å². The molecule has 1 fully saturated rings. The van der Waals surface area contributed by atoms with Gasteiger partial charge in [0.05, 0.1) is 30.5 Å². The van der Waals surface area contributed by atoms with Gasteiger partial charge in [-0.2, -0.15) is 4.31 Å². The molecule has 0 spiro atoms. The molecule has 1 amide bonds. The monoisotopic (exact) mass is 360 g/mol. The summed E-state index contributed by atoms with van der Waals surface area (Å²) in [7, 11) is -3.95. The molecule has 0 bridgehead atoms. The van der Waals surface area contributed by atoms with Crippen molar-refractivity contribution >= 4 is 33.5 Å². The van der Waals surface area contributed by atoms with E-state index in [-0.39, 0.29) is 36.0 Å². The second kappa shape index (κ2) is 7.29. The van der Waals surface area contributed by atoms with Crippen LogP contribution in [0.3, 0.4) is 0 Å². The molecule has 0 aliphatic carbocycles. The average Bonchev–Trinajstić information content (AvgIpc) is 2.49. The molecule has 1 heterocycles. The predicted octanol–water partition coefficient (Wildman–Crippen LogP) is 0.782. The van der Waals surface area contributed by atoms with Crippen LogP contribution in [0.1, 0.15) is 13.3 Å². The molecule has 7 nitrogen and oxygen atoms in total. The Hall–Kier alpha value is -1.64. The van der Waals surface area contributed by atoms with E-state index in [2.05, 4.69) is 5.32 Å². The van der Waals surface area contributed by atoms with Gasteiger partial charge in [-0.3, -0.25) is 9.59 Å². The van der Waals surface area contributed by atoms with Gasteiger partial charge in [-0.1, -0.05) is 17.7 Å². The average molecular weight is 361 g/mol. The molecular weight excluding hydrogens is 344 g/mol. The van der Waals surface area contributed by atoms with Gasteiger partial charge < -0.3 is 10.1 Å². The number of carbonyl (C=O) groups is 2. The summed E-state index contributed by atoms with van der Waals surface area (Å²) in [6, 6.07) is 5.08. The first-order valence-electron chi connectivity index (χ1n) is 7.04. The van der Waals surface area contributed by atoms with Crippen molar-refractivity contribution in [2.24, 2.45) is 0 Å². The summed E-state index contributed by atoms with van der Waals surface area (Å²) >= 11 is 5.84. The van der Waals surface area contributed by atoms with Gasteiger partial charge in [-0.25, -0.2) is 8.42 Å². The maximum atomic E-state index is 12.8. The smallest absolute Gasteiger partial charge is 0.307 e. The Kier molecular flexibility index (Phi) is 5.61. The zero-order valence-corrected chi connectivity index (χ0v) is 14.1. The lowest BCUT2D eigenvalue weighted by atomic mass is 10.1. The van der Waals surface area contributed by atoms with E-state index in [1.54, 1.807) is 13.0 Å². The van der Waals surface area contributed by atoms with Gasteiger partial charge >= 0.3 is 5.97 Å². The van der Waals surface area contributed by atoms with Crippen LogP contribution in [0, 0.1) is 0 Å². The lowest BCUT2D eigenvalue weighted by molar-refractivity contribution is -0.145. The Morgan fingerprint density at radius 1 is 1.48 bits per heavy atom. The number of piperazine rings is 1. The van der Waals surface area contributed by atoms with E-state index < -0.39 is 27.9 Å². The van der Waals surface area contributed by atoms with Crippen LogP contribution >= 0.6 is 11.6 Å². The Balaban J connectivity index is 2.30. The second-order valence-electron chi connectivity index (χ2n) is 4.97. The maximum Gasteiger partial charge on any atom is 0.307 e. The number of benzene rings is 1. The molecular formula is C14H17ClN2O5S. The number of rotatable bonds is 5. The third-order valence-corrected chi connectivity index (χ3v) is 5.48. The Labute approximate surface area is 139 Å². The van der Waals surface area contributed by atoms with Gasteiger partial charge in [0.2, 0.25) is 15.9 Å². The molecule has 23 heavy (non-hydrogen) atoms. The third kappa shape index (κ3) is 4.21. The molecule has 1 saturated heterocycles. The van der Waals surface area contributed by atoms with Crippen molar-refractivity contribution < 1.29 is 22.7 Å². The van der Waals surface area contributed by atoms with Gasteiger partial charge in [0, 0.05) is 11.6 Å². The SMILES string of the molecule is CCOC(=O)CC1CNC(=O)CN1S(=O)(=O)c1cccc(Cl)c1. The molecule has 1 atom stereocenters. The first kappa shape index (κ1) is 17.7. The highest BCUT2D eigenvalue weighted by atomic mass is 35.5. The lowest BCUT2D eigenvalue weighted by Crippen LogP contribution is -2.56. The van der Waals surface area contributed by atoms with Crippen molar-refractivity contribution in [1.82, 2.24) is 9.62 Å². The molecule has 1 aliphatic rings. The van der Waals surface area contributed by atoms with Gasteiger partial charge in [0.15, 0.2) is 0 Å². The molecule has 1 N–H and O–H groups in total. The fourth-order valence-electron chi connectivity index (χ4n) is 2.29. The maximum absolute atomic E-state index is 12.8. The summed E-state index contributed by atoms with van der Waals surface area (Å²) in [5.74, 6) is -0.935. The van der Waals surface area contributed by atoms with Crippen LogP contribution in [0.4, 0.5) is 0 Å². The number of amides is 1. The highest BCUT2D eigenvalue weighted by molar-refractivity contribution is 7.89. The molecule has 0 radical (unpaired) electrons. The summed E-state index contributed by atoms with van der Waals surface area (Å²) in [6.45, 7) is 1.58. The zero-order chi connectivity index (χ0) is 17.0. The number of halogens is 1. The van der Waals surface area contributed by atoms with Crippen molar-refractivity contribution in [3.8, 4) is 0 Å².